The number of nitrogens with one attached hydrogen (secondary N) is 3. The fraction of sp³-hybridized carbons (Fsp3) is 0.591. The lowest BCUT2D eigenvalue weighted by molar-refractivity contribution is -0.144. The van der Waals surface area contributed by atoms with Gasteiger partial charge in [0.05, 0.1) is 5.69 Å². The summed E-state index contributed by atoms with van der Waals surface area (Å²) in [5, 5.41) is 9.26. The molecule has 1 aliphatic carbocycles. The topological polar surface area (TPSA) is 108 Å². The second-order valence-electron chi connectivity index (χ2n) is 9.28. The lowest BCUT2D eigenvalue weighted by Gasteiger charge is -2.37. The number of fused-ring (bicyclic) bond motifs is 1. The van der Waals surface area contributed by atoms with Crippen molar-refractivity contribution in [2.75, 3.05) is 34.4 Å². The SMILES string of the molecule is Cc1nc(NCC[C@H]2C[C@@H](Nc3ccnc(C(F)(F)F)n3)C2)nc2c1NC(=O)[C@H](C(C)C)N2C. The maximum absolute atomic E-state index is 12.8. The van der Waals surface area contributed by atoms with Crippen LogP contribution in [0.3, 0.4) is 0 Å². The van der Waals surface area contributed by atoms with Gasteiger partial charge in [0.15, 0.2) is 5.82 Å². The summed E-state index contributed by atoms with van der Waals surface area (Å²) >= 11 is 0. The van der Waals surface area contributed by atoms with E-state index in [2.05, 4.69) is 35.9 Å². The van der Waals surface area contributed by atoms with Gasteiger partial charge in [0.1, 0.15) is 17.5 Å². The standard InChI is InChI=1S/C22H29F3N8O/c1-11(2)17-19(34)31-16-12(3)28-21(32-18(16)33(17)4)27-7-5-13-9-14(10-13)29-15-6-8-26-20(30-15)22(23,24)25/h6,8,11,13-14,17H,5,7,9-10H2,1-4H3,(H,31,34)(H,26,29,30)(H,27,28,32)/t13-,14+,17-/m0/s1. The van der Waals surface area contributed by atoms with E-state index in [0.29, 0.717) is 35.6 Å². The number of likely N-dealkylation sites (N-methyl/N-ethyl adjacent to an activating group) is 1. The monoisotopic (exact) mass is 478 g/mol. The molecule has 12 heteroatoms. The van der Waals surface area contributed by atoms with Gasteiger partial charge >= 0.3 is 6.18 Å². The molecule has 1 fully saturated rings. The molecule has 0 radical (unpaired) electrons. The molecule has 0 saturated heterocycles. The molecular weight excluding hydrogens is 449 g/mol. The molecule has 2 aromatic heterocycles. The summed E-state index contributed by atoms with van der Waals surface area (Å²) in [4.78, 5) is 30.3. The molecular formula is C22H29F3N8O. The van der Waals surface area contributed by atoms with Gasteiger partial charge in [-0.3, -0.25) is 4.79 Å². The predicted molar refractivity (Wildman–Crippen MR) is 123 cm³/mol. The van der Waals surface area contributed by atoms with Crippen molar-refractivity contribution >= 4 is 29.2 Å². The van der Waals surface area contributed by atoms with E-state index in [1.54, 1.807) is 0 Å². The number of anilines is 4. The normalized spacial score (nSPS) is 22.2. The molecule has 4 rings (SSSR count). The number of carbonyl (C=O) groups is 1. The highest BCUT2D eigenvalue weighted by molar-refractivity contribution is 6.03. The van der Waals surface area contributed by atoms with Crippen LogP contribution in [-0.2, 0) is 11.0 Å². The minimum Gasteiger partial charge on any atom is -0.367 e. The van der Waals surface area contributed by atoms with E-state index in [-0.39, 0.29) is 29.7 Å². The molecule has 2 aliphatic rings. The molecule has 0 unspecified atom stereocenters. The zero-order valence-electron chi connectivity index (χ0n) is 19.6. The van der Waals surface area contributed by atoms with Gasteiger partial charge in [-0.25, -0.2) is 15.0 Å². The average molecular weight is 479 g/mol. The van der Waals surface area contributed by atoms with Crippen LogP contribution in [0, 0.1) is 18.8 Å². The van der Waals surface area contributed by atoms with E-state index in [4.69, 9.17) is 0 Å². The highest BCUT2D eigenvalue weighted by atomic mass is 19.4. The zero-order chi connectivity index (χ0) is 24.6. The van der Waals surface area contributed by atoms with Gasteiger partial charge in [-0.2, -0.15) is 18.2 Å². The summed E-state index contributed by atoms with van der Waals surface area (Å²) in [5.41, 5.74) is 1.34. The number of amides is 1. The quantitative estimate of drug-likeness (QED) is 0.553. The minimum absolute atomic E-state index is 0.0536. The van der Waals surface area contributed by atoms with Crippen molar-refractivity contribution in [3.05, 3.63) is 23.8 Å². The Labute approximate surface area is 196 Å². The molecule has 1 aliphatic heterocycles. The van der Waals surface area contributed by atoms with Crippen LogP contribution >= 0.6 is 0 Å². The number of halogens is 3. The van der Waals surface area contributed by atoms with E-state index >= 15 is 0 Å². The van der Waals surface area contributed by atoms with Crippen LogP contribution in [0.5, 0.6) is 0 Å². The molecule has 184 valence electrons. The first kappa shape index (κ1) is 24.0. The molecule has 0 spiro atoms. The fourth-order valence-corrected chi connectivity index (χ4v) is 4.56. The largest absolute Gasteiger partial charge is 0.451 e. The highest BCUT2D eigenvalue weighted by Crippen LogP contribution is 2.35. The summed E-state index contributed by atoms with van der Waals surface area (Å²) in [6.07, 6.45) is -0.857. The third-order valence-corrected chi connectivity index (χ3v) is 6.30. The predicted octanol–water partition coefficient (Wildman–Crippen LogP) is 3.70. The Kier molecular flexibility index (Phi) is 6.50. The molecule has 2 aromatic rings. The van der Waals surface area contributed by atoms with Gasteiger partial charge in [0, 0.05) is 25.8 Å². The van der Waals surface area contributed by atoms with Crippen molar-refractivity contribution in [1.82, 2.24) is 19.9 Å². The van der Waals surface area contributed by atoms with E-state index < -0.39 is 12.0 Å². The van der Waals surface area contributed by atoms with Crippen molar-refractivity contribution in [3.63, 3.8) is 0 Å². The Morgan fingerprint density at radius 3 is 2.65 bits per heavy atom. The number of alkyl halides is 3. The van der Waals surface area contributed by atoms with E-state index in [1.165, 1.54) is 6.07 Å². The minimum atomic E-state index is -4.56. The Hall–Kier alpha value is -3.18. The Bertz CT molecular complexity index is 1050. The van der Waals surface area contributed by atoms with Gasteiger partial charge in [0.25, 0.3) is 0 Å². The first-order valence-corrected chi connectivity index (χ1v) is 11.4. The molecule has 9 nitrogen and oxygen atoms in total. The number of aromatic nitrogens is 4. The maximum atomic E-state index is 12.8. The van der Waals surface area contributed by atoms with E-state index in [1.807, 2.05) is 32.7 Å². The van der Waals surface area contributed by atoms with Crippen molar-refractivity contribution in [2.24, 2.45) is 11.8 Å². The lowest BCUT2D eigenvalue weighted by Crippen LogP contribution is -2.49. The van der Waals surface area contributed by atoms with Gasteiger partial charge in [-0.1, -0.05) is 13.8 Å². The smallest absolute Gasteiger partial charge is 0.367 e. The number of hydrogen-bond donors (Lipinski definition) is 3. The molecule has 0 bridgehead atoms. The Morgan fingerprint density at radius 1 is 1.24 bits per heavy atom. The Balaban J connectivity index is 1.28. The van der Waals surface area contributed by atoms with Crippen LogP contribution in [0.1, 0.15) is 44.6 Å². The van der Waals surface area contributed by atoms with Crippen molar-refractivity contribution in [3.8, 4) is 0 Å². The molecule has 3 heterocycles. The number of nitrogens with zero attached hydrogens (tertiary/aromatic N) is 5. The fourth-order valence-electron chi connectivity index (χ4n) is 4.56. The summed E-state index contributed by atoms with van der Waals surface area (Å²) in [6, 6.07) is 1.24. The lowest BCUT2D eigenvalue weighted by atomic mass is 9.78. The average Bonchev–Trinajstić information content (AvgIpc) is 2.72. The third kappa shape index (κ3) is 5.00. The Morgan fingerprint density at radius 2 is 1.97 bits per heavy atom. The van der Waals surface area contributed by atoms with Crippen molar-refractivity contribution in [1.29, 1.82) is 0 Å². The molecule has 1 saturated carbocycles. The summed E-state index contributed by atoms with van der Waals surface area (Å²) in [7, 11) is 1.87. The van der Waals surface area contributed by atoms with E-state index in [0.717, 1.165) is 25.5 Å². The zero-order valence-corrected chi connectivity index (χ0v) is 19.6. The second-order valence-corrected chi connectivity index (χ2v) is 9.28. The molecule has 1 atom stereocenters. The van der Waals surface area contributed by atoms with Crippen LogP contribution in [0.15, 0.2) is 12.3 Å². The molecule has 1 amide bonds. The van der Waals surface area contributed by atoms with Crippen LogP contribution in [0.25, 0.3) is 0 Å². The molecule has 3 N–H and O–H groups in total. The second kappa shape index (κ2) is 9.22. The molecule has 0 aromatic carbocycles. The summed E-state index contributed by atoms with van der Waals surface area (Å²) < 4.78 is 38.3. The third-order valence-electron chi connectivity index (χ3n) is 6.30. The highest BCUT2D eigenvalue weighted by Gasteiger charge is 2.36. The number of carbonyl (C=O) groups excluding carboxylic acids is 1. The number of rotatable bonds is 7. The number of aryl methyl sites for hydroxylation is 1. The van der Waals surface area contributed by atoms with Gasteiger partial charge in [-0.05, 0) is 44.1 Å². The van der Waals surface area contributed by atoms with Crippen molar-refractivity contribution in [2.45, 2.75) is 58.3 Å². The first-order valence-electron chi connectivity index (χ1n) is 11.4. The van der Waals surface area contributed by atoms with Crippen LogP contribution in [0.2, 0.25) is 0 Å². The summed E-state index contributed by atoms with van der Waals surface area (Å²) in [5.74, 6) is 0.788. The maximum Gasteiger partial charge on any atom is 0.451 e. The van der Waals surface area contributed by atoms with Crippen LogP contribution in [-0.4, -0.2) is 51.5 Å². The van der Waals surface area contributed by atoms with E-state index in [9.17, 15) is 18.0 Å². The van der Waals surface area contributed by atoms with Gasteiger partial charge in [0.2, 0.25) is 17.7 Å². The molecule has 34 heavy (non-hydrogen) atoms. The van der Waals surface area contributed by atoms with Crippen LogP contribution in [0.4, 0.5) is 36.4 Å². The van der Waals surface area contributed by atoms with Crippen LogP contribution < -0.4 is 20.9 Å². The van der Waals surface area contributed by atoms with Gasteiger partial charge < -0.3 is 20.9 Å². The first-order chi connectivity index (χ1) is 16.0. The van der Waals surface area contributed by atoms with Gasteiger partial charge in [-0.15, -0.1) is 0 Å². The van der Waals surface area contributed by atoms with Crippen molar-refractivity contribution < 1.29 is 18.0 Å². The number of hydrogen-bond acceptors (Lipinski definition) is 8. The summed E-state index contributed by atoms with van der Waals surface area (Å²) in [6.45, 7) is 6.51.